The Bertz CT molecular complexity index is 285. The molecule has 0 fully saturated rings. The molecule has 16 heavy (non-hydrogen) atoms. The van der Waals surface area contributed by atoms with Crippen LogP contribution in [0.5, 0.6) is 5.75 Å². The SMILES string of the molecule is CC(c1cccc(O)c1)N(C)C.CCCN. The van der Waals surface area contributed by atoms with Crippen LogP contribution in [0, 0.1) is 0 Å². The van der Waals surface area contributed by atoms with Gasteiger partial charge in [0.15, 0.2) is 0 Å². The molecule has 3 heteroatoms. The van der Waals surface area contributed by atoms with Crippen molar-refractivity contribution in [3.8, 4) is 5.75 Å². The van der Waals surface area contributed by atoms with Crippen molar-refractivity contribution in [2.24, 2.45) is 5.73 Å². The van der Waals surface area contributed by atoms with E-state index >= 15 is 0 Å². The predicted octanol–water partition coefficient (Wildman–Crippen LogP) is 2.37. The van der Waals surface area contributed by atoms with Gasteiger partial charge in [0, 0.05) is 6.04 Å². The minimum atomic E-state index is 0.334. The Hall–Kier alpha value is -1.06. The van der Waals surface area contributed by atoms with Crippen LogP contribution in [0.1, 0.15) is 31.9 Å². The molecule has 1 aromatic carbocycles. The van der Waals surface area contributed by atoms with E-state index in [1.807, 2.05) is 26.2 Å². The molecule has 1 atom stereocenters. The van der Waals surface area contributed by atoms with Crippen molar-refractivity contribution in [1.29, 1.82) is 0 Å². The van der Waals surface area contributed by atoms with E-state index in [0.29, 0.717) is 11.8 Å². The van der Waals surface area contributed by atoms with Crippen molar-refractivity contribution < 1.29 is 5.11 Å². The molecule has 0 aliphatic heterocycles. The Labute approximate surface area is 98.9 Å². The van der Waals surface area contributed by atoms with Gasteiger partial charge in [0.05, 0.1) is 0 Å². The molecule has 3 N–H and O–H groups in total. The van der Waals surface area contributed by atoms with Gasteiger partial charge in [-0.15, -0.1) is 0 Å². The molecule has 0 aromatic heterocycles. The first-order chi connectivity index (χ1) is 7.52. The molecule has 0 saturated heterocycles. The van der Waals surface area contributed by atoms with Gasteiger partial charge in [0.1, 0.15) is 5.75 Å². The lowest BCUT2D eigenvalue weighted by Crippen LogP contribution is -2.16. The maximum atomic E-state index is 9.23. The number of hydrogen-bond acceptors (Lipinski definition) is 3. The van der Waals surface area contributed by atoms with Crippen LogP contribution in [0.25, 0.3) is 0 Å². The van der Waals surface area contributed by atoms with E-state index in [1.54, 1.807) is 12.1 Å². The second kappa shape index (κ2) is 8.13. The van der Waals surface area contributed by atoms with Gasteiger partial charge in [-0.05, 0) is 51.7 Å². The fourth-order valence-corrected chi connectivity index (χ4v) is 1.08. The van der Waals surface area contributed by atoms with Crippen LogP contribution >= 0.6 is 0 Å². The minimum Gasteiger partial charge on any atom is -0.508 e. The summed E-state index contributed by atoms with van der Waals surface area (Å²) in [6.45, 7) is 4.98. The molecular weight excluding hydrogens is 200 g/mol. The van der Waals surface area contributed by atoms with Crippen LogP contribution in [0.15, 0.2) is 24.3 Å². The van der Waals surface area contributed by atoms with E-state index in [-0.39, 0.29) is 0 Å². The van der Waals surface area contributed by atoms with Crippen molar-refractivity contribution in [2.45, 2.75) is 26.3 Å². The first-order valence-corrected chi connectivity index (χ1v) is 5.68. The quantitative estimate of drug-likeness (QED) is 0.828. The molecule has 1 aromatic rings. The summed E-state index contributed by atoms with van der Waals surface area (Å²) < 4.78 is 0. The van der Waals surface area contributed by atoms with Gasteiger partial charge in [0.25, 0.3) is 0 Å². The lowest BCUT2D eigenvalue weighted by Gasteiger charge is -2.19. The highest BCUT2D eigenvalue weighted by atomic mass is 16.3. The summed E-state index contributed by atoms with van der Waals surface area (Å²) in [5.74, 6) is 0.334. The fraction of sp³-hybridized carbons (Fsp3) is 0.538. The molecule has 0 spiro atoms. The Morgan fingerprint density at radius 1 is 1.38 bits per heavy atom. The second-order valence-corrected chi connectivity index (χ2v) is 4.02. The standard InChI is InChI=1S/C10H15NO.C3H9N/c1-8(11(2)3)9-5-4-6-10(12)7-9;1-2-3-4/h4-8,12H,1-3H3;2-4H2,1H3. The lowest BCUT2D eigenvalue weighted by molar-refractivity contribution is 0.320. The van der Waals surface area contributed by atoms with Crippen LogP contribution in [-0.4, -0.2) is 30.6 Å². The zero-order valence-corrected chi connectivity index (χ0v) is 10.8. The van der Waals surface area contributed by atoms with Crippen molar-refractivity contribution in [3.05, 3.63) is 29.8 Å². The average Bonchev–Trinajstić information content (AvgIpc) is 2.28. The molecule has 0 heterocycles. The van der Waals surface area contributed by atoms with Gasteiger partial charge in [-0.3, -0.25) is 0 Å². The maximum Gasteiger partial charge on any atom is 0.115 e. The van der Waals surface area contributed by atoms with Gasteiger partial charge in [-0.25, -0.2) is 0 Å². The monoisotopic (exact) mass is 224 g/mol. The third-order valence-corrected chi connectivity index (χ3v) is 2.42. The predicted molar refractivity (Wildman–Crippen MR) is 69.6 cm³/mol. The molecule has 92 valence electrons. The zero-order chi connectivity index (χ0) is 12.6. The van der Waals surface area contributed by atoms with Crippen molar-refractivity contribution in [1.82, 2.24) is 4.90 Å². The summed E-state index contributed by atoms with van der Waals surface area (Å²) >= 11 is 0. The Morgan fingerprint density at radius 3 is 2.31 bits per heavy atom. The first kappa shape index (κ1) is 14.9. The number of hydrogen-bond donors (Lipinski definition) is 2. The van der Waals surface area contributed by atoms with Gasteiger partial charge in [-0.2, -0.15) is 0 Å². The highest BCUT2D eigenvalue weighted by molar-refractivity contribution is 5.28. The molecule has 0 amide bonds. The number of rotatable bonds is 3. The molecule has 0 aliphatic rings. The summed E-state index contributed by atoms with van der Waals surface area (Å²) in [6, 6.07) is 7.71. The third kappa shape index (κ3) is 5.73. The number of benzene rings is 1. The van der Waals surface area contributed by atoms with Crippen molar-refractivity contribution in [3.63, 3.8) is 0 Å². The number of aromatic hydroxyl groups is 1. The number of nitrogens with zero attached hydrogens (tertiary/aromatic N) is 1. The number of phenolic OH excluding ortho intramolecular Hbond substituents is 1. The van der Waals surface area contributed by atoms with E-state index < -0.39 is 0 Å². The number of phenols is 1. The van der Waals surface area contributed by atoms with Gasteiger partial charge in [0.2, 0.25) is 0 Å². The Morgan fingerprint density at radius 2 is 1.94 bits per heavy atom. The summed E-state index contributed by atoms with van der Waals surface area (Å²) in [6.07, 6.45) is 1.10. The summed E-state index contributed by atoms with van der Waals surface area (Å²) in [4.78, 5) is 2.11. The molecule has 1 rings (SSSR count). The van der Waals surface area contributed by atoms with Crippen LogP contribution in [0.3, 0.4) is 0 Å². The molecular formula is C13H24N2O. The molecule has 0 bridgehead atoms. The highest BCUT2D eigenvalue weighted by Gasteiger charge is 2.06. The summed E-state index contributed by atoms with van der Waals surface area (Å²) in [5.41, 5.74) is 6.17. The minimum absolute atomic E-state index is 0.334. The fourth-order valence-electron chi connectivity index (χ4n) is 1.08. The maximum absolute atomic E-state index is 9.23. The third-order valence-electron chi connectivity index (χ3n) is 2.42. The van der Waals surface area contributed by atoms with E-state index in [4.69, 9.17) is 5.73 Å². The topological polar surface area (TPSA) is 49.5 Å². The molecule has 0 aliphatic carbocycles. The Balaban J connectivity index is 0.000000487. The normalized spacial score (nSPS) is 11.9. The first-order valence-electron chi connectivity index (χ1n) is 5.68. The van der Waals surface area contributed by atoms with E-state index in [0.717, 1.165) is 18.5 Å². The Kier molecular flexibility index (Phi) is 7.60. The molecule has 3 nitrogen and oxygen atoms in total. The molecule has 0 saturated carbocycles. The number of nitrogens with two attached hydrogens (primary N) is 1. The van der Waals surface area contributed by atoms with Gasteiger partial charge < -0.3 is 15.7 Å². The highest BCUT2D eigenvalue weighted by Crippen LogP contribution is 2.20. The van der Waals surface area contributed by atoms with Crippen molar-refractivity contribution in [2.75, 3.05) is 20.6 Å². The van der Waals surface area contributed by atoms with Gasteiger partial charge >= 0.3 is 0 Å². The van der Waals surface area contributed by atoms with Crippen molar-refractivity contribution >= 4 is 0 Å². The largest absolute Gasteiger partial charge is 0.508 e. The van der Waals surface area contributed by atoms with Crippen LogP contribution in [-0.2, 0) is 0 Å². The van der Waals surface area contributed by atoms with Crippen LogP contribution < -0.4 is 5.73 Å². The summed E-state index contributed by atoms with van der Waals surface area (Å²) in [7, 11) is 4.05. The summed E-state index contributed by atoms with van der Waals surface area (Å²) in [5, 5.41) is 9.23. The van der Waals surface area contributed by atoms with Crippen LogP contribution in [0.2, 0.25) is 0 Å². The van der Waals surface area contributed by atoms with Crippen LogP contribution in [0.4, 0.5) is 0 Å². The molecule has 0 radical (unpaired) electrons. The zero-order valence-electron chi connectivity index (χ0n) is 10.8. The second-order valence-electron chi connectivity index (χ2n) is 4.02. The lowest BCUT2D eigenvalue weighted by atomic mass is 10.1. The average molecular weight is 224 g/mol. The van der Waals surface area contributed by atoms with E-state index in [2.05, 4.69) is 18.7 Å². The molecule has 1 unspecified atom stereocenters. The van der Waals surface area contributed by atoms with Gasteiger partial charge in [-0.1, -0.05) is 19.1 Å². The smallest absolute Gasteiger partial charge is 0.115 e. The van der Waals surface area contributed by atoms with E-state index in [1.165, 1.54) is 0 Å². The van der Waals surface area contributed by atoms with E-state index in [9.17, 15) is 5.11 Å².